The van der Waals surface area contributed by atoms with E-state index < -0.39 is 0 Å². The molecule has 0 bridgehead atoms. The quantitative estimate of drug-likeness (QED) is 0.809. The van der Waals surface area contributed by atoms with Crippen molar-refractivity contribution >= 4 is 6.47 Å². The molecule has 0 atom stereocenters. The summed E-state index contributed by atoms with van der Waals surface area (Å²) in [7, 11) is 0. The van der Waals surface area contributed by atoms with E-state index in [1.54, 1.807) is 0 Å². The second-order valence-corrected chi connectivity index (χ2v) is 4.55. The van der Waals surface area contributed by atoms with E-state index in [9.17, 15) is 0 Å². The maximum Gasteiger partial charge on any atom is 0.290 e. The molecule has 4 nitrogen and oxygen atoms in total. The van der Waals surface area contributed by atoms with Gasteiger partial charge in [0, 0.05) is 17.3 Å². The van der Waals surface area contributed by atoms with Gasteiger partial charge in [-0.05, 0) is 30.5 Å². The molecule has 1 aromatic heterocycles. The highest BCUT2D eigenvalue weighted by molar-refractivity contribution is 5.59. The Morgan fingerprint density at radius 3 is 2.26 bits per heavy atom. The number of nitrogens with zero attached hydrogens (tertiary/aromatic N) is 1. The molecule has 1 aromatic carbocycles. The van der Waals surface area contributed by atoms with Gasteiger partial charge in [-0.3, -0.25) is 9.78 Å². The lowest BCUT2D eigenvalue weighted by Gasteiger charge is -2.09. The van der Waals surface area contributed by atoms with Gasteiger partial charge in [-0.2, -0.15) is 0 Å². The van der Waals surface area contributed by atoms with Gasteiger partial charge in [0.1, 0.15) is 0 Å². The summed E-state index contributed by atoms with van der Waals surface area (Å²) in [5.41, 5.74) is 9.50. The number of hydrogen-bond donors (Lipinski definition) is 2. The number of pyridine rings is 1. The maximum absolute atomic E-state index is 8.36. The highest BCUT2D eigenvalue weighted by atomic mass is 16.3. The van der Waals surface area contributed by atoms with Gasteiger partial charge in [0.15, 0.2) is 0 Å². The molecule has 0 amide bonds. The molecule has 4 heteroatoms. The molecule has 1 saturated carbocycles. The van der Waals surface area contributed by atoms with Crippen LogP contribution in [0.1, 0.15) is 18.4 Å². The van der Waals surface area contributed by atoms with Gasteiger partial charge < -0.3 is 10.8 Å². The van der Waals surface area contributed by atoms with Crippen LogP contribution < -0.4 is 5.73 Å². The van der Waals surface area contributed by atoms with E-state index in [1.807, 2.05) is 24.4 Å². The standard InChI is InChI=1S/C14H14N2.CH2O2/c15-14(8-9-14)12-6-4-11(5-7-12)13-3-1-2-10-16-13;2-1-3/h1-7,10H,8-9,15H2;1H,(H,2,3). The van der Waals surface area contributed by atoms with E-state index in [4.69, 9.17) is 15.6 Å². The van der Waals surface area contributed by atoms with Crippen molar-refractivity contribution in [2.75, 3.05) is 0 Å². The molecule has 1 aliphatic rings. The summed E-state index contributed by atoms with van der Waals surface area (Å²) < 4.78 is 0. The Kier molecular flexibility index (Phi) is 3.92. The summed E-state index contributed by atoms with van der Waals surface area (Å²) in [6.45, 7) is -0.250. The zero-order valence-electron chi connectivity index (χ0n) is 10.5. The summed E-state index contributed by atoms with van der Waals surface area (Å²) in [5.74, 6) is 0. The first-order chi connectivity index (χ1) is 9.19. The predicted molar refractivity (Wildman–Crippen MR) is 73.5 cm³/mol. The van der Waals surface area contributed by atoms with Gasteiger partial charge in [-0.25, -0.2) is 0 Å². The molecule has 0 unspecified atom stereocenters. The van der Waals surface area contributed by atoms with Gasteiger partial charge in [0.2, 0.25) is 0 Å². The first kappa shape index (κ1) is 13.2. The van der Waals surface area contributed by atoms with Gasteiger partial charge in [-0.1, -0.05) is 30.3 Å². The number of aromatic nitrogens is 1. The first-order valence-electron chi connectivity index (χ1n) is 6.08. The van der Waals surface area contributed by atoms with E-state index in [0.717, 1.165) is 24.1 Å². The third-order valence-corrected chi connectivity index (χ3v) is 3.21. The summed E-state index contributed by atoms with van der Waals surface area (Å²) in [4.78, 5) is 12.7. The van der Waals surface area contributed by atoms with E-state index in [1.165, 1.54) is 5.56 Å². The molecule has 0 saturated heterocycles. The smallest absolute Gasteiger partial charge is 0.290 e. The molecule has 1 heterocycles. The van der Waals surface area contributed by atoms with E-state index in [2.05, 4.69) is 29.2 Å². The summed E-state index contributed by atoms with van der Waals surface area (Å²) in [6.07, 6.45) is 4.03. The lowest BCUT2D eigenvalue weighted by molar-refractivity contribution is -0.122. The lowest BCUT2D eigenvalue weighted by Crippen LogP contribution is -2.18. The number of carbonyl (C=O) groups is 1. The van der Waals surface area contributed by atoms with Crippen molar-refractivity contribution in [3.05, 3.63) is 54.2 Å². The number of hydrogen-bond acceptors (Lipinski definition) is 3. The highest BCUT2D eigenvalue weighted by Crippen LogP contribution is 2.42. The number of rotatable bonds is 2. The van der Waals surface area contributed by atoms with Crippen LogP contribution in [-0.2, 0) is 10.3 Å². The topological polar surface area (TPSA) is 76.2 Å². The average molecular weight is 256 g/mol. The third kappa shape index (κ3) is 3.17. The van der Waals surface area contributed by atoms with E-state index in [0.29, 0.717) is 0 Å². The molecule has 3 rings (SSSR count). The third-order valence-electron chi connectivity index (χ3n) is 3.21. The zero-order chi connectivity index (χ0) is 13.7. The molecule has 1 fully saturated rings. The van der Waals surface area contributed by atoms with Crippen LogP contribution in [0.25, 0.3) is 11.3 Å². The molecule has 0 radical (unpaired) electrons. The first-order valence-corrected chi connectivity index (χ1v) is 6.08. The van der Waals surface area contributed by atoms with Crippen LogP contribution in [-0.4, -0.2) is 16.6 Å². The SMILES string of the molecule is NC1(c2ccc(-c3ccccn3)cc2)CC1.O=CO. The van der Waals surface area contributed by atoms with Crippen molar-refractivity contribution < 1.29 is 9.90 Å². The average Bonchev–Trinajstić information content (AvgIpc) is 3.20. The van der Waals surface area contributed by atoms with E-state index >= 15 is 0 Å². The van der Waals surface area contributed by atoms with Crippen molar-refractivity contribution in [1.29, 1.82) is 0 Å². The molecular formula is C15H16N2O2. The fraction of sp³-hybridized carbons (Fsp3) is 0.200. The molecule has 1 aliphatic carbocycles. The van der Waals surface area contributed by atoms with Crippen LogP contribution in [0.5, 0.6) is 0 Å². The van der Waals surface area contributed by atoms with Gasteiger partial charge in [-0.15, -0.1) is 0 Å². The highest BCUT2D eigenvalue weighted by Gasteiger charge is 2.39. The predicted octanol–water partition coefficient (Wildman–Crippen LogP) is 2.40. The normalized spacial score (nSPS) is 15.0. The number of carboxylic acid groups (broad SMARTS) is 1. The second kappa shape index (κ2) is 5.63. The van der Waals surface area contributed by atoms with Gasteiger partial charge in [0.25, 0.3) is 6.47 Å². The molecule has 2 aromatic rings. The fourth-order valence-corrected chi connectivity index (χ4v) is 1.93. The Balaban J connectivity index is 0.000000408. The zero-order valence-corrected chi connectivity index (χ0v) is 10.5. The van der Waals surface area contributed by atoms with Crippen LogP contribution in [0.3, 0.4) is 0 Å². The minimum Gasteiger partial charge on any atom is -0.483 e. The molecule has 0 spiro atoms. The number of benzene rings is 1. The minimum atomic E-state index is -0.250. The summed E-state index contributed by atoms with van der Waals surface area (Å²) in [5, 5.41) is 6.89. The van der Waals surface area contributed by atoms with Crippen molar-refractivity contribution in [3.63, 3.8) is 0 Å². The largest absolute Gasteiger partial charge is 0.483 e. The Labute approximate surface area is 111 Å². The fourth-order valence-electron chi connectivity index (χ4n) is 1.93. The monoisotopic (exact) mass is 256 g/mol. The maximum atomic E-state index is 8.36. The van der Waals surface area contributed by atoms with Crippen LogP contribution in [0, 0.1) is 0 Å². The Hall–Kier alpha value is -2.20. The molecule has 0 aliphatic heterocycles. The molecule has 19 heavy (non-hydrogen) atoms. The van der Waals surface area contributed by atoms with Crippen molar-refractivity contribution in [1.82, 2.24) is 4.98 Å². The molecule has 98 valence electrons. The Bertz CT molecular complexity index is 534. The van der Waals surface area contributed by atoms with Crippen molar-refractivity contribution in [2.24, 2.45) is 5.73 Å². The second-order valence-electron chi connectivity index (χ2n) is 4.55. The lowest BCUT2D eigenvalue weighted by atomic mass is 10.0. The minimum absolute atomic E-state index is 0.0390. The number of nitrogens with two attached hydrogens (primary N) is 1. The van der Waals surface area contributed by atoms with Crippen LogP contribution in [0.4, 0.5) is 0 Å². The summed E-state index contributed by atoms with van der Waals surface area (Å²) in [6, 6.07) is 14.4. The van der Waals surface area contributed by atoms with Gasteiger partial charge >= 0.3 is 0 Å². The summed E-state index contributed by atoms with van der Waals surface area (Å²) >= 11 is 0. The van der Waals surface area contributed by atoms with Crippen LogP contribution in [0.2, 0.25) is 0 Å². The Morgan fingerprint density at radius 2 is 1.79 bits per heavy atom. The van der Waals surface area contributed by atoms with Crippen LogP contribution >= 0.6 is 0 Å². The molecule has 3 N–H and O–H groups in total. The Morgan fingerprint density at radius 1 is 1.16 bits per heavy atom. The van der Waals surface area contributed by atoms with Crippen molar-refractivity contribution in [2.45, 2.75) is 18.4 Å². The molecular weight excluding hydrogens is 240 g/mol. The van der Waals surface area contributed by atoms with Crippen molar-refractivity contribution in [3.8, 4) is 11.3 Å². The van der Waals surface area contributed by atoms with E-state index in [-0.39, 0.29) is 12.0 Å². The van der Waals surface area contributed by atoms with Gasteiger partial charge in [0.05, 0.1) is 5.69 Å². The van der Waals surface area contributed by atoms with Crippen LogP contribution in [0.15, 0.2) is 48.7 Å².